The van der Waals surface area contributed by atoms with Gasteiger partial charge in [-0.1, -0.05) is 19.1 Å². The Labute approximate surface area is 163 Å². The van der Waals surface area contributed by atoms with E-state index in [-0.39, 0.29) is 24.3 Å². The predicted octanol–water partition coefficient (Wildman–Crippen LogP) is 4.15. The molecule has 0 unspecified atom stereocenters. The Bertz CT molecular complexity index is 993. The van der Waals surface area contributed by atoms with Crippen molar-refractivity contribution in [1.82, 2.24) is 5.32 Å². The van der Waals surface area contributed by atoms with Crippen LogP contribution in [-0.4, -0.2) is 25.0 Å². The third-order valence-electron chi connectivity index (χ3n) is 4.65. The molecule has 0 saturated heterocycles. The van der Waals surface area contributed by atoms with Gasteiger partial charge in [-0.25, -0.2) is 0 Å². The van der Waals surface area contributed by atoms with Crippen LogP contribution in [-0.2, 0) is 11.2 Å². The summed E-state index contributed by atoms with van der Waals surface area (Å²) < 4.78 is 10.7. The van der Waals surface area contributed by atoms with E-state index in [0.29, 0.717) is 22.6 Å². The molecule has 0 fully saturated rings. The summed E-state index contributed by atoms with van der Waals surface area (Å²) in [4.78, 5) is 25.1. The highest BCUT2D eigenvalue weighted by Crippen LogP contribution is 2.26. The Morgan fingerprint density at radius 2 is 1.96 bits per heavy atom. The lowest BCUT2D eigenvalue weighted by Gasteiger charge is -2.14. The molecule has 6 heteroatoms. The zero-order valence-corrected chi connectivity index (χ0v) is 16.2. The number of carbonyl (C=O) groups is 2. The molecule has 0 saturated carbocycles. The number of hydrogen-bond acceptors (Lipinski definition) is 4. The van der Waals surface area contributed by atoms with Gasteiger partial charge in [-0.05, 0) is 37.6 Å². The molecule has 0 aliphatic rings. The Balaban J connectivity index is 1.74. The van der Waals surface area contributed by atoms with Crippen LogP contribution < -0.4 is 15.4 Å². The van der Waals surface area contributed by atoms with E-state index in [1.54, 1.807) is 43.7 Å². The Hall–Kier alpha value is -3.28. The van der Waals surface area contributed by atoms with Crippen LogP contribution in [0, 0.1) is 0 Å². The van der Waals surface area contributed by atoms with Crippen LogP contribution in [0.4, 0.5) is 5.69 Å². The Morgan fingerprint density at radius 1 is 1.18 bits per heavy atom. The second-order valence-corrected chi connectivity index (χ2v) is 6.68. The van der Waals surface area contributed by atoms with E-state index in [2.05, 4.69) is 10.6 Å². The number of methoxy groups -OCH3 is 1. The van der Waals surface area contributed by atoms with Crippen LogP contribution in [0.1, 0.15) is 36.2 Å². The number of nitrogens with one attached hydrogen (secondary N) is 2. The molecule has 28 heavy (non-hydrogen) atoms. The molecular weight excluding hydrogens is 356 g/mol. The van der Waals surface area contributed by atoms with Gasteiger partial charge in [0, 0.05) is 23.1 Å². The minimum Gasteiger partial charge on any atom is -0.497 e. The van der Waals surface area contributed by atoms with Crippen molar-refractivity contribution in [3.8, 4) is 5.75 Å². The maximum atomic E-state index is 12.6. The number of benzene rings is 2. The van der Waals surface area contributed by atoms with Crippen LogP contribution in [0.15, 0.2) is 53.1 Å². The smallest absolute Gasteiger partial charge is 0.253 e. The first-order valence-corrected chi connectivity index (χ1v) is 9.25. The second kappa shape index (κ2) is 8.61. The summed E-state index contributed by atoms with van der Waals surface area (Å²) in [6.45, 7) is 3.95. The third-order valence-corrected chi connectivity index (χ3v) is 4.65. The monoisotopic (exact) mass is 380 g/mol. The lowest BCUT2D eigenvalue weighted by Crippen LogP contribution is -2.32. The van der Waals surface area contributed by atoms with E-state index in [1.165, 1.54) is 0 Å². The summed E-state index contributed by atoms with van der Waals surface area (Å²) in [6.07, 6.45) is 2.55. The number of para-hydroxylation sites is 1. The van der Waals surface area contributed by atoms with Crippen LogP contribution in [0.2, 0.25) is 0 Å². The number of carbonyl (C=O) groups excluding carboxylic acids is 2. The number of anilines is 1. The van der Waals surface area contributed by atoms with Crippen LogP contribution in [0.25, 0.3) is 11.0 Å². The van der Waals surface area contributed by atoms with E-state index in [1.807, 2.05) is 26.0 Å². The molecule has 0 aliphatic carbocycles. The molecule has 0 aliphatic heterocycles. The number of amides is 2. The molecule has 3 aromatic rings. The van der Waals surface area contributed by atoms with Crippen LogP contribution >= 0.6 is 0 Å². The molecule has 2 aromatic carbocycles. The van der Waals surface area contributed by atoms with Gasteiger partial charge in [0.05, 0.1) is 31.0 Å². The molecule has 146 valence electrons. The van der Waals surface area contributed by atoms with E-state index < -0.39 is 0 Å². The predicted molar refractivity (Wildman–Crippen MR) is 109 cm³/mol. The fourth-order valence-electron chi connectivity index (χ4n) is 2.89. The first-order chi connectivity index (χ1) is 13.5. The van der Waals surface area contributed by atoms with Gasteiger partial charge in [-0.3, -0.25) is 9.59 Å². The maximum absolute atomic E-state index is 12.6. The van der Waals surface area contributed by atoms with E-state index in [0.717, 1.165) is 17.4 Å². The summed E-state index contributed by atoms with van der Waals surface area (Å²) in [5.41, 5.74) is 2.37. The van der Waals surface area contributed by atoms with Crippen molar-refractivity contribution in [3.05, 3.63) is 59.9 Å². The summed E-state index contributed by atoms with van der Waals surface area (Å²) in [7, 11) is 1.59. The fraction of sp³-hybridized carbons (Fsp3) is 0.273. The van der Waals surface area contributed by atoms with Crippen molar-refractivity contribution in [1.29, 1.82) is 0 Å². The molecule has 0 bridgehead atoms. The molecule has 2 N–H and O–H groups in total. The number of hydrogen-bond donors (Lipinski definition) is 2. The highest BCUT2D eigenvalue weighted by atomic mass is 16.5. The van der Waals surface area contributed by atoms with Gasteiger partial charge in [0.25, 0.3) is 5.91 Å². The van der Waals surface area contributed by atoms with Crippen molar-refractivity contribution in [2.75, 3.05) is 12.4 Å². The molecule has 1 aromatic heterocycles. The molecule has 0 radical (unpaired) electrons. The maximum Gasteiger partial charge on any atom is 0.253 e. The third kappa shape index (κ3) is 4.34. The van der Waals surface area contributed by atoms with Gasteiger partial charge in [0.15, 0.2) is 0 Å². The van der Waals surface area contributed by atoms with Crippen LogP contribution in [0.5, 0.6) is 5.75 Å². The van der Waals surface area contributed by atoms with Crippen LogP contribution in [0.3, 0.4) is 0 Å². The summed E-state index contributed by atoms with van der Waals surface area (Å²) >= 11 is 0. The minimum atomic E-state index is -0.220. The van der Waals surface area contributed by atoms with Gasteiger partial charge in [-0.2, -0.15) is 0 Å². The largest absolute Gasteiger partial charge is 0.497 e. The van der Waals surface area contributed by atoms with Crippen molar-refractivity contribution >= 4 is 28.5 Å². The van der Waals surface area contributed by atoms with Gasteiger partial charge in [-0.15, -0.1) is 0 Å². The number of furan rings is 1. The Kier molecular flexibility index (Phi) is 5.99. The van der Waals surface area contributed by atoms with Crippen molar-refractivity contribution in [2.24, 2.45) is 0 Å². The number of rotatable bonds is 7. The normalized spacial score (nSPS) is 11.8. The lowest BCUT2D eigenvalue weighted by atomic mass is 10.1. The SMILES string of the molecule is CC[C@H](C)NC(=O)c1ccccc1NC(=O)Cc1coc2cc(OC)ccc12. The Morgan fingerprint density at radius 3 is 2.71 bits per heavy atom. The average molecular weight is 380 g/mol. The molecular formula is C22H24N2O4. The average Bonchev–Trinajstić information content (AvgIpc) is 3.09. The first-order valence-electron chi connectivity index (χ1n) is 9.25. The summed E-state index contributed by atoms with van der Waals surface area (Å²) in [5.74, 6) is 0.271. The molecule has 1 heterocycles. The molecule has 1 atom stereocenters. The molecule has 0 spiro atoms. The van der Waals surface area contributed by atoms with Crippen molar-refractivity contribution < 1.29 is 18.7 Å². The molecule has 6 nitrogen and oxygen atoms in total. The quantitative estimate of drug-likeness (QED) is 0.645. The highest BCUT2D eigenvalue weighted by Gasteiger charge is 2.16. The minimum absolute atomic E-state index is 0.0607. The molecule has 2 amide bonds. The highest BCUT2D eigenvalue weighted by molar-refractivity contribution is 6.04. The van der Waals surface area contributed by atoms with Gasteiger partial charge < -0.3 is 19.8 Å². The van der Waals surface area contributed by atoms with E-state index >= 15 is 0 Å². The number of ether oxygens (including phenoxy) is 1. The van der Waals surface area contributed by atoms with Gasteiger partial charge in [0.2, 0.25) is 5.91 Å². The lowest BCUT2D eigenvalue weighted by molar-refractivity contribution is -0.115. The van der Waals surface area contributed by atoms with Crippen molar-refractivity contribution in [3.63, 3.8) is 0 Å². The van der Waals surface area contributed by atoms with Crippen molar-refractivity contribution in [2.45, 2.75) is 32.7 Å². The van der Waals surface area contributed by atoms with Gasteiger partial charge in [0.1, 0.15) is 11.3 Å². The summed E-state index contributed by atoms with van der Waals surface area (Å²) in [6, 6.07) is 12.5. The standard InChI is InChI=1S/C22H24N2O4/c1-4-14(2)23-22(26)18-7-5-6-8-19(18)24-21(25)11-15-13-28-20-12-16(27-3)9-10-17(15)20/h5-10,12-14H,4,11H2,1-3H3,(H,23,26)(H,24,25)/t14-/m0/s1. The zero-order valence-electron chi connectivity index (χ0n) is 16.2. The fourth-order valence-corrected chi connectivity index (χ4v) is 2.89. The summed E-state index contributed by atoms with van der Waals surface area (Å²) in [5, 5.41) is 6.63. The van der Waals surface area contributed by atoms with Gasteiger partial charge >= 0.3 is 0 Å². The number of fused-ring (bicyclic) bond motifs is 1. The first kappa shape index (κ1) is 19.5. The topological polar surface area (TPSA) is 80.6 Å². The van der Waals surface area contributed by atoms with E-state index in [9.17, 15) is 9.59 Å². The van der Waals surface area contributed by atoms with E-state index in [4.69, 9.17) is 9.15 Å². The molecule has 3 rings (SSSR count). The second-order valence-electron chi connectivity index (χ2n) is 6.68. The zero-order chi connectivity index (χ0) is 20.1.